The molecule has 0 radical (unpaired) electrons. The van der Waals surface area contributed by atoms with Crippen molar-refractivity contribution in [3.05, 3.63) is 28.7 Å². The van der Waals surface area contributed by atoms with Crippen molar-refractivity contribution in [1.82, 2.24) is 14.7 Å². The van der Waals surface area contributed by atoms with Crippen LogP contribution in [0.15, 0.2) is 27.9 Å². The first-order chi connectivity index (χ1) is 8.88. The summed E-state index contributed by atoms with van der Waals surface area (Å²) in [6.07, 6.45) is 0.780. The molecule has 6 nitrogen and oxygen atoms in total. The molecule has 0 bridgehead atoms. The Kier molecular flexibility index (Phi) is 3.77. The molecule has 0 aliphatic rings. The Labute approximate surface area is 111 Å². The van der Waals surface area contributed by atoms with E-state index in [0.717, 1.165) is 6.42 Å². The lowest BCUT2D eigenvalue weighted by atomic mass is 10.1. The van der Waals surface area contributed by atoms with Gasteiger partial charge in [0.2, 0.25) is 10.0 Å². The van der Waals surface area contributed by atoms with Gasteiger partial charge in [-0.1, -0.05) is 13.8 Å². The molecule has 7 heteroatoms. The first kappa shape index (κ1) is 13.8. The van der Waals surface area contributed by atoms with Crippen LogP contribution in [0.25, 0.3) is 11.0 Å². The second-order valence-corrected chi connectivity index (χ2v) is 6.63. The highest BCUT2D eigenvalue weighted by molar-refractivity contribution is 7.89. The Hall–Kier alpha value is -1.60. The summed E-state index contributed by atoms with van der Waals surface area (Å²) in [5.74, 6) is 0.436. The summed E-state index contributed by atoms with van der Waals surface area (Å²) < 4.78 is 26.6. The molecule has 0 spiro atoms. The highest BCUT2D eigenvalue weighted by Gasteiger charge is 2.14. The van der Waals surface area contributed by atoms with Gasteiger partial charge in [0, 0.05) is 6.54 Å². The van der Waals surface area contributed by atoms with Gasteiger partial charge >= 0.3 is 5.69 Å². The largest absolute Gasteiger partial charge is 0.323 e. The van der Waals surface area contributed by atoms with Gasteiger partial charge in [-0.25, -0.2) is 17.9 Å². The van der Waals surface area contributed by atoms with Crippen molar-refractivity contribution in [2.45, 2.75) is 25.2 Å². The molecule has 0 amide bonds. The fourth-order valence-electron chi connectivity index (χ4n) is 1.74. The Morgan fingerprint density at radius 2 is 1.89 bits per heavy atom. The van der Waals surface area contributed by atoms with E-state index in [1.165, 1.54) is 12.1 Å². The highest BCUT2D eigenvalue weighted by atomic mass is 32.2. The van der Waals surface area contributed by atoms with Gasteiger partial charge < -0.3 is 9.97 Å². The van der Waals surface area contributed by atoms with Gasteiger partial charge in [-0.2, -0.15) is 0 Å². The Morgan fingerprint density at radius 1 is 1.21 bits per heavy atom. The minimum atomic E-state index is -3.52. The van der Waals surface area contributed by atoms with Crippen molar-refractivity contribution in [3.8, 4) is 0 Å². The fraction of sp³-hybridized carbons (Fsp3) is 0.417. The van der Waals surface area contributed by atoms with Gasteiger partial charge in [0.15, 0.2) is 0 Å². The number of benzene rings is 1. The number of imidazole rings is 1. The smallest absolute Gasteiger partial charge is 0.306 e. The number of aromatic amines is 2. The quantitative estimate of drug-likeness (QED) is 0.769. The predicted molar refractivity (Wildman–Crippen MR) is 73.6 cm³/mol. The average Bonchev–Trinajstić information content (AvgIpc) is 2.67. The molecule has 1 aromatic carbocycles. The summed E-state index contributed by atoms with van der Waals surface area (Å²) in [4.78, 5) is 16.4. The maximum absolute atomic E-state index is 12.1. The van der Waals surface area contributed by atoms with Crippen LogP contribution in [-0.2, 0) is 10.0 Å². The third kappa shape index (κ3) is 3.24. The molecule has 0 unspecified atom stereocenters. The lowest BCUT2D eigenvalue weighted by Gasteiger charge is -2.08. The van der Waals surface area contributed by atoms with Gasteiger partial charge in [-0.05, 0) is 30.5 Å². The van der Waals surface area contributed by atoms with Crippen LogP contribution in [0.5, 0.6) is 0 Å². The molecule has 0 aliphatic heterocycles. The van der Waals surface area contributed by atoms with E-state index >= 15 is 0 Å². The van der Waals surface area contributed by atoms with Crippen LogP contribution in [0.4, 0.5) is 0 Å². The molecule has 2 aromatic rings. The van der Waals surface area contributed by atoms with E-state index in [4.69, 9.17) is 0 Å². The van der Waals surface area contributed by atoms with Crippen molar-refractivity contribution < 1.29 is 8.42 Å². The summed E-state index contributed by atoms with van der Waals surface area (Å²) in [7, 11) is -3.52. The van der Waals surface area contributed by atoms with Crippen LogP contribution >= 0.6 is 0 Å². The molecule has 0 atom stereocenters. The van der Waals surface area contributed by atoms with Gasteiger partial charge in [-0.15, -0.1) is 0 Å². The molecule has 19 heavy (non-hydrogen) atoms. The molecule has 0 aliphatic carbocycles. The molecule has 0 saturated heterocycles. The third-order valence-electron chi connectivity index (χ3n) is 2.81. The van der Waals surface area contributed by atoms with E-state index in [9.17, 15) is 13.2 Å². The number of fused-ring (bicyclic) bond motifs is 1. The van der Waals surface area contributed by atoms with Crippen molar-refractivity contribution in [2.75, 3.05) is 6.54 Å². The highest BCUT2D eigenvalue weighted by Crippen LogP contribution is 2.14. The van der Waals surface area contributed by atoms with Crippen LogP contribution in [0.2, 0.25) is 0 Å². The topological polar surface area (TPSA) is 94.8 Å². The minimum Gasteiger partial charge on any atom is -0.306 e. The Balaban J connectivity index is 2.24. The molecule has 2 rings (SSSR count). The summed E-state index contributed by atoms with van der Waals surface area (Å²) in [6, 6.07) is 4.50. The molecular weight excluding hydrogens is 266 g/mol. The van der Waals surface area contributed by atoms with Gasteiger partial charge in [0.1, 0.15) is 0 Å². The second-order valence-electron chi connectivity index (χ2n) is 4.87. The zero-order chi connectivity index (χ0) is 14.0. The average molecular weight is 283 g/mol. The first-order valence-electron chi connectivity index (χ1n) is 6.10. The molecule has 0 fully saturated rings. The maximum Gasteiger partial charge on any atom is 0.323 e. The molecule has 0 saturated carbocycles. The first-order valence-corrected chi connectivity index (χ1v) is 7.58. The molecule has 3 N–H and O–H groups in total. The zero-order valence-corrected chi connectivity index (χ0v) is 11.7. The summed E-state index contributed by atoms with van der Waals surface area (Å²) >= 11 is 0. The lowest BCUT2D eigenvalue weighted by molar-refractivity contribution is 0.551. The summed E-state index contributed by atoms with van der Waals surface area (Å²) in [5, 5.41) is 0. The number of hydrogen-bond acceptors (Lipinski definition) is 3. The van der Waals surface area contributed by atoms with Gasteiger partial charge in [0.05, 0.1) is 15.9 Å². The predicted octanol–water partition coefficient (Wildman–Crippen LogP) is 1.18. The number of rotatable bonds is 5. The fourth-order valence-corrected chi connectivity index (χ4v) is 2.82. The van der Waals surface area contributed by atoms with E-state index in [2.05, 4.69) is 14.7 Å². The van der Waals surface area contributed by atoms with Gasteiger partial charge in [0.25, 0.3) is 0 Å². The number of aromatic nitrogens is 2. The van der Waals surface area contributed by atoms with Crippen LogP contribution in [0.1, 0.15) is 20.3 Å². The van der Waals surface area contributed by atoms with E-state index in [0.29, 0.717) is 23.5 Å². The third-order valence-corrected chi connectivity index (χ3v) is 4.27. The normalized spacial score (nSPS) is 12.4. The SMILES string of the molecule is CC(C)CCNS(=O)(=O)c1ccc2[nH]c(=O)[nH]c2c1. The Morgan fingerprint density at radius 3 is 2.58 bits per heavy atom. The van der Waals surface area contributed by atoms with Crippen molar-refractivity contribution in [2.24, 2.45) is 5.92 Å². The van der Waals surface area contributed by atoms with Crippen LogP contribution in [0, 0.1) is 5.92 Å². The second kappa shape index (κ2) is 5.18. The monoisotopic (exact) mass is 283 g/mol. The standard InChI is InChI=1S/C12H17N3O3S/c1-8(2)5-6-13-19(17,18)9-3-4-10-11(7-9)15-12(16)14-10/h3-4,7-8,13H,5-6H2,1-2H3,(H2,14,15,16). The zero-order valence-electron chi connectivity index (χ0n) is 10.9. The number of hydrogen-bond donors (Lipinski definition) is 3. The maximum atomic E-state index is 12.1. The Bertz CT molecular complexity index is 728. The van der Waals surface area contributed by atoms with E-state index in [1.54, 1.807) is 6.07 Å². The van der Waals surface area contributed by atoms with E-state index < -0.39 is 10.0 Å². The van der Waals surface area contributed by atoms with Crippen LogP contribution < -0.4 is 10.4 Å². The van der Waals surface area contributed by atoms with Crippen molar-refractivity contribution in [1.29, 1.82) is 0 Å². The van der Waals surface area contributed by atoms with Crippen LogP contribution in [0.3, 0.4) is 0 Å². The molecule has 1 aromatic heterocycles. The number of H-pyrrole nitrogens is 2. The summed E-state index contributed by atoms with van der Waals surface area (Å²) in [6.45, 7) is 4.47. The molecule has 104 valence electrons. The number of nitrogens with one attached hydrogen (secondary N) is 3. The number of sulfonamides is 1. The molecule has 1 heterocycles. The van der Waals surface area contributed by atoms with E-state index in [-0.39, 0.29) is 10.6 Å². The summed E-state index contributed by atoms with van der Waals surface area (Å²) in [5.41, 5.74) is 0.722. The van der Waals surface area contributed by atoms with Crippen LogP contribution in [-0.4, -0.2) is 24.9 Å². The van der Waals surface area contributed by atoms with Crippen molar-refractivity contribution in [3.63, 3.8) is 0 Å². The van der Waals surface area contributed by atoms with Gasteiger partial charge in [-0.3, -0.25) is 0 Å². The molecular formula is C12H17N3O3S. The van der Waals surface area contributed by atoms with E-state index in [1.807, 2.05) is 13.8 Å². The van der Waals surface area contributed by atoms with Crippen molar-refractivity contribution >= 4 is 21.1 Å². The lowest BCUT2D eigenvalue weighted by Crippen LogP contribution is -2.25. The minimum absolute atomic E-state index is 0.152.